The molecule has 1 aliphatic rings. The van der Waals surface area contributed by atoms with Gasteiger partial charge in [-0.15, -0.1) is 0 Å². The first-order chi connectivity index (χ1) is 8.83. The van der Waals surface area contributed by atoms with E-state index in [0.29, 0.717) is 0 Å². The van der Waals surface area contributed by atoms with Gasteiger partial charge >= 0.3 is 0 Å². The summed E-state index contributed by atoms with van der Waals surface area (Å²) >= 11 is 0. The van der Waals surface area contributed by atoms with Crippen LogP contribution in [0.5, 0.6) is 0 Å². The van der Waals surface area contributed by atoms with Gasteiger partial charge in [-0.25, -0.2) is 0 Å². The molecule has 0 aromatic heterocycles. The summed E-state index contributed by atoms with van der Waals surface area (Å²) in [5, 5.41) is 0. The number of rotatable bonds is 2. The van der Waals surface area contributed by atoms with Crippen LogP contribution in [0.3, 0.4) is 0 Å². The molecule has 1 unspecified atom stereocenters. The summed E-state index contributed by atoms with van der Waals surface area (Å²) in [4.78, 5) is 4.58. The van der Waals surface area contributed by atoms with Crippen molar-refractivity contribution in [3.63, 3.8) is 0 Å². The standard InChI is InChI=1S/C17H15N/c1-13-6-5-9-15(10-13)16-11-17(18-12-16)14-7-3-2-4-8-14/h2-12,17H,1H3. The Morgan fingerprint density at radius 1 is 0.944 bits per heavy atom. The lowest BCUT2D eigenvalue weighted by Crippen LogP contribution is -1.87. The molecule has 0 saturated heterocycles. The molecule has 88 valence electrons. The van der Waals surface area contributed by atoms with Gasteiger partial charge < -0.3 is 0 Å². The smallest absolute Gasteiger partial charge is 0.0940 e. The monoisotopic (exact) mass is 233 g/mol. The number of aryl methyl sites for hydroxylation is 1. The molecule has 1 atom stereocenters. The average molecular weight is 233 g/mol. The molecule has 18 heavy (non-hydrogen) atoms. The van der Waals surface area contributed by atoms with E-state index in [2.05, 4.69) is 66.5 Å². The molecule has 0 saturated carbocycles. The van der Waals surface area contributed by atoms with Crippen molar-refractivity contribution in [3.05, 3.63) is 77.4 Å². The van der Waals surface area contributed by atoms with Gasteiger partial charge in [-0.3, -0.25) is 4.99 Å². The van der Waals surface area contributed by atoms with Gasteiger partial charge in [0.2, 0.25) is 0 Å². The lowest BCUT2D eigenvalue weighted by atomic mass is 10.0. The third kappa shape index (κ3) is 2.12. The minimum absolute atomic E-state index is 0.168. The summed E-state index contributed by atoms with van der Waals surface area (Å²) in [6.07, 6.45) is 4.20. The second-order valence-corrected chi connectivity index (χ2v) is 4.63. The van der Waals surface area contributed by atoms with Crippen LogP contribution in [0.15, 0.2) is 65.7 Å². The lowest BCUT2D eigenvalue weighted by molar-refractivity contribution is 0.936. The zero-order chi connectivity index (χ0) is 12.4. The number of allylic oxidation sites excluding steroid dienone is 1. The third-order valence-corrected chi connectivity index (χ3v) is 3.20. The first kappa shape index (κ1) is 11.0. The van der Waals surface area contributed by atoms with Crippen molar-refractivity contribution >= 4 is 11.8 Å². The molecule has 2 aromatic rings. The Morgan fingerprint density at radius 3 is 2.56 bits per heavy atom. The number of aliphatic imine (C=N–C) groups is 1. The van der Waals surface area contributed by atoms with E-state index < -0.39 is 0 Å². The number of hydrogen-bond donors (Lipinski definition) is 0. The van der Waals surface area contributed by atoms with Crippen LogP contribution in [0.25, 0.3) is 5.57 Å². The highest BCUT2D eigenvalue weighted by molar-refractivity contribution is 6.11. The second-order valence-electron chi connectivity index (χ2n) is 4.63. The molecule has 0 N–H and O–H groups in total. The summed E-state index contributed by atoms with van der Waals surface area (Å²) in [5.41, 5.74) is 4.99. The highest BCUT2D eigenvalue weighted by atomic mass is 14.8. The molecular formula is C17H15N. The molecule has 1 aliphatic heterocycles. The minimum Gasteiger partial charge on any atom is -0.280 e. The molecule has 0 aliphatic carbocycles. The Labute approximate surface area is 108 Å². The quantitative estimate of drug-likeness (QED) is 0.737. The Kier molecular flexibility index (Phi) is 2.81. The van der Waals surface area contributed by atoms with Crippen LogP contribution in [0.4, 0.5) is 0 Å². The van der Waals surface area contributed by atoms with E-state index in [0.717, 1.165) is 0 Å². The molecule has 2 aromatic carbocycles. The van der Waals surface area contributed by atoms with E-state index in [-0.39, 0.29) is 6.04 Å². The van der Waals surface area contributed by atoms with Gasteiger partial charge in [0.05, 0.1) is 6.04 Å². The van der Waals surface area contributed by atoms with Gasteiger partial charge in [-0.2, -0.15) is 0 Å². The maximum Gasteiger partial charge on any atom is 0.0940 e. The highest BCUT2D eigenvalue weighted by Gasteiger charge is 2.13. The van der Waals surface area contributed by atoms with Crippen molar-refractivity contribution in [2.45, 2.75) is 13.0 Å². The first-order valence-corrected chi connectivity index (χ1v) is 6.20. The molecule has 0 spiro atoms. The predicted molar refractivity (Wildman–Crippen MR) is 76.8 cm³/mol. The zero-order valence-electron chi connectivity index (χ0n) is 10.4. The summed E-state index contributed by atoms with van der Waals surface area (Å²) < 4.78 is 0. The summed E-state index contributed by atoms with van der Waals surface area (Å²) in [7, 11) is 0. The average Bonchev–Trinajstić information content (AvgIpc) is 2.89. The first-order valence-electron chi connectivity index (χ1n) is 6.20. The molecule has 1 heterocycles. The topological polar surface area (TPSA) is 12.4 Å². The normalized spacial score (nSPS) is 17.8. The fourth-order valence-electron chi connectivity index (χ4n) is 2.24. The van der Waals surface area contributed by atoms with E-state index in [9.17, 15) is 0 Å². The molecule has 0 amide bonds. The Bertz CT molecular complexity index is 609. The fourth-order valence-corrected chi connectivity index (χ4v) is 2.24. The SMILES string of the molecule is Cc1cccc(C2=CC(c3ccccc3)N=C2)c1. The summed E-state index contributed by atoms with van der Waals surface area (Å²) in [6.45, 7) is 2.12. The molecule has 1 heteroatoms. The fraction of sp³-hybridized carbons (Fsp3) is 0.118. The maximum atomic E-state index is 4.58. The number of benzene rings is 2. The van der Waals surface area contributed by atoms with Crippen molar-refractivity contribution in [3.8, 4) is 0 Å². The lowest BCUT2D eigenvalue weighted by Gasteiger charge is -2.04. The molecule has 3 rings (SSSR count). The molecule has 0 radical (unpaired) electrons. The van der Waals surface area contributed by atoms with Crippen LogP contribution in [-0.4, -0.2) is 6.21 Å². The number of hydrogen-bond acceptors (Lipinski definition) is 1. The van der Waals surface area contributed by atoms with Crippen LogP contribution in [0.2, 0.25) is 0 Å². The molecule has 1 nitrogen and oxygen atoms in total. The molecule has 0 bridgehead atoms. The minimum atomic E-state index is 0.168. The summed E-state index contributed by atoms with van der Waals surface area (Å²) in [6, 6.07) is 19.1. The molecular weight excluding hydrogens is 218 g/mol. The molecule has 0 fully saturated rings. The van der Waals surface area contributed by atoms with Crippen LogP contribution >= 0.6 is 0 Å². The maximum absolute atomic E-state index is 4.58. The van der Waals surface area contributed by atoms with Crippen LogP contribution in [0.1, 0.15) is 22.7 Å². The van der Waals surface area contributed by atoms with Crippen molar-refractivity contribution in [2.24, 2.45) is 4.99 Å². The third-order valence-electron chi connectivity index (χ3n) is 3.20. The highest BCUT2D eigenvalue weighted by Crippen LogP contribution is 2.28. The summed E-state index contributed by atoms with van der Waals surface area (Å²) in [5.74, 6) is 0. The van der Waals surface area contributed by atoms with E-state index in [4.69, 9.17) is 0 Å². The van der Waals surface area contributed by atoms with Gasteiger partial charge in [0.25, 0.3) is 0 Å². The van der Waals surface area contributed by atoms with Gasteiger partial charge in [0, 0.05) is 6.21 Å². The van der Waals surface area contributed by atoms with Crippen molar-refractivity contribution < 1.29 is 0 Å². The van der Waals surface area contributed by atoms with Crippen molar-refractivity contribution in [1.29, 1.82) is 0 Å². The van der Waals surface area contributed by atoms with E-state index in [1.165, 1.54) is 22.3 Å². The predicted octanol–water partition coefficient (Wildman–Crippen LogP) is 4.20. The van der Waals surface area contributed by atoms with Gasteiger partial charge in [-0.05, 0) is 29.7 Å². The Morgan fingerprint density at radius 2 is 1.78 bits per heavy atom. The van der Waals surface area contributed by atoms with Crippen LogP contribution < -0.4 is 0 Å². The Hall–Kier alpha value is -2.15. The van der Waals surface area contributed by atoms with Crippen molar-refractivity contribution in [2.75, 3.05) is 0 Å². The largest absolute Gasteiger partial charge is 0.280 e. The Balaban J connectivity index is 1.92. The van der Waals surface area contributed by atoms with Gasteiger partial charge in [-0.1, -0.05) is 60.2 Å². The van der Waals surface area contributed by atoms with Gasteiger partial charge in [0.15, 0.2) is 0 Å². The van der Waals surface area contributed by atoms with Crippen LogP contribution in [-0.2, 0) is 0 Å². The number of nitrogens with zero attached hydrogens (tertiary/aromatic N) is 1. The van der Waals surface area contributed by atoms with Crippen LogP contribution in [0, 0.1) is 6.92 Å². The van der Waals surface area contributed by atoms with Gasteiger partial charge in [0.1, 0.15) is 0 Å². The van der Waals surface area contributed by atoms with E-state index in [1.54, 1.807) is 0 Å². The van der Waals surface area contributed by atoms with E-state index >= 15 is 0 Å². The zero-order valence-corrected chi connectivity index (χ0v) is 10.4. The second kappa shape index (κ2) is 4.61. The van der Waals surface area contributed by atoms with Crippen molar-refractivity contribution in [1.82, 2.24) is 0 Å². The van der Waals surface area contributed by atoms with E-state index in [1.807, 2.05) is 12.3 Å².